The summed E-state index contributed by atoms with van der Waals surface area (Å²) < 4.78 is 40.9. The van der Waals surface area contributed by atoms with Crippen LogP contribution in [0.3, 0.4) is 0 Å². The van der Waals surface area contributed by atoms with E-state index in [-0.39, 0.29) is 23.4 Å². The fourth-order valence-electron chi connectivity index (χ4n) is 2.93. The summed E-state index contributed by atoms with van der Waals surface area (Å²) in [5, 5.41) is 6.72. The second-order valence-corrected chi connectivity index (χ2v) is 12.1. The van der Waals surface area contributed by atoms with E-state index in [1.807, 2.05) is 0 Å². The minimum absolute atomic E-state index is 0.0499. The van der Waals surface area contributed by atoms with Gasteiger partial charge in [-0.25, -0.2) is 13.2 Å². The summed E-state index contributed by atoms with van der Waals surface area (Å²) in [6.45, 7) is 5.38. The monoisotopic (exact) mass is 503 g/mol. The highest BCUT2D eigenvalue weighted by molar-refractivity contribution is 8.08. The molecule has 11 heteroatoms. The number of thioether (sulfide) groups is 1. The van der Waals surface area contributed by atoms with Crippen LogP contribution in [0.1, 0.15) is 26.7 Å². The number of aromatic nitrogens is 2. The predicted octanol–water partition coefficient (Wildman–Crippen LogP) is 4.44. The molecule has 0 bridgehead atoms. The topological polar surface area (TPSA) is 121 Å². The van der Waals surface area contributed by atoms with Crippen molar-refractivity contribution in [3.8, 4) is 22.9 Å². The van der Waals surface area contributed by atoms with Gasteiger partial charge in [-0.15, -0.1) is 0 Å². The van der Waals surface area contributed by atoms with E-state index in [0.29, 0.717) is 27.8 Å². The highest BCUT2D eigenvalue weighted by Gasteiger charge is 2.29. The third-order valence-corrected chi connectivity index (χ3v) is 7.60. The van der Waals surface area contributed by atoms with Crippen LogP contribution in [0.25, 0.3) is 11.4 Å². The van der Waals surface area contributed by atoms with Crippen molar-refractivity contribution in [2.75, 3.05) is 11.5 Å². The first-order valence-electron chi connectivity index (χ1n) is 10.6. The van der Waals surface area contributed by atoms with E-state index in [9.17, 15) is 13.2 Å². The summed E-state index contributed by atoms with van der Waals surface area (Å²) in [5.74, 6) is 2.80. The smallest absolute Gasteiger partial charge is 0.408 e. The van der Waals surface area contributed by atoms with Gasteiger partial charge in [0.1, 0.15) is 23.6 Å². The molecule has 0 spiro atoms. The molecule has 0 saturated carbocycles. The van der Waals surface area contributed by atoms with Crippen LogP contribution in [0.2, 0.25) is 0 Å². The number of alkyl carbamates (subject to hydrolysis) is 1. The normalized spacial score (nSPS) is 15.6. The summed E-state index contributed by atoms with van der Waals surface area (Å²) in [6.07, 6.45) is -0.568. The third kappa shape index (κ3) is 6.73. The molecule has 1 aromatic heterocycles. The van der Waals surface area contributed by atoms with Gasteiger partial charge in [-0.1, -0.05) is 5.16 Å². The Kier molecular flexibility index (Phi) is 6.85. The van der Waals surface area contributed by atoms with Crippen LogP contribution in [0.5, 0.6) is 11.5 Å². The molecule has 1 N–H and O–H groups in total. The number of carbonyl (C=O) groups is 1. The van der Waals surface area contributed by atoms with Gasteiger partial charge in [-0.05, 0) is 69.3 Å². The van der Waals surface area contributed by atoms with Crippen molar-refractivity contribution in [3.63, 3.8) is 0 Å². The zero-order chi connectivity index (χ0) is 24.3. The number of carbonyl (C=O) groups excluding carboxylic acids is 1. The largest absolute Gasteiger partial charge is 0.457 e. The lowest BCUT2D eigenvalue weighted by atomic mass is 10.2. The summed E-state index contributed by atoms with van der Waals surface area (Å²) in [4.78, 5) is 16.3. The highest BCUT2D eigenvalue weighted by Crippen LogP contribution is 2.33. The lowest BCUT2D eigenvalue weighted by Crippen LogP contribution is -2.32. The van der Waals surface area contributed by atoms with E-state index in [1.54, 1.807) is 81.1 Å². The van der Waals surface area contributed by atoms with Crippen molar-refractivity contribution in [2.24, 2.45) is 0 Å². The van der Waals surface area contributed by atoms with Gasteiger partial charge in [0.15, 0.2) is 9.84 Å². The van der Waals surface area contributed by atoms with E-state index in [4.69, 9.17) is 14.0 Å². The van der Waals surface area contributed by atoms with Gasteiger partial charge in [0, 0.05) is 16.6 Å². The molecule has 1 atom stereocenters. The first kappa shape index (κ1) is 24.1. The van der Waals surface area contributed by atoms with Crippen LogP contribution >= 0.6 is 11.8 Å². The molecule has 0 aliphatic carbocycles. The molecule has 1 aliphatic heterocycles. The number of rotatable bonds is 8. The zero-order valence-corrected chi connectivity index (χ0v) is 20.6. The second-order valence-electron chi connectivity index (χ2n) is 8.70. The Morgan fingerprint density at radius 2 is 1.74 bits per heavy atom. The minimum atomic E-state index is -3.27. The van der Waals surface area contributed by atoms with Crippen LogP contribution in [-0.4, -0.2) is 47.0 Å². The van der Waals surface area contributed by atoms with E-state index in [0.717, 1.165) is 5.75 Å². The maximum Gasteiger partial charge on any atom is 0.408 e. The molecule has 2 heterocycles. The molecule has 1 unspecified atom stereocenters. The lowest BCUT2D eigenvalue weighted by molar-refractivity contribution is 0.0517. The Balaban J connectivity index is 1.33. The van der Waals surface area contributed by atoms with Crippen molar-refractivity contribution >= 4 is 27.7 Å². The van der Waals surface area contributed by atoms with Crippen molar-refractivity contribution in [3.05, 3.63) is 54.4 Å². The molecule has 1 fully saturated rings. The molecular weight excluding hydrogens is 478 g/mol. The minimum Gasteiger partial charge on any atom is -0.457 e. The molecule has 0 radical (unpaired) electrons. The Hall–Kier alpha value is -3.05. The fraction of sp³-hybridized carbons (Fsp3) is 0.348. The SMILES string of the molecule is CC(C)(C)OC(=O)NCc1nc(-c2ccc(Oc3ccc(S(=O)(=O)CC4CS4)cc3)cc2)no1. The Labute approximate surface area is 202 Å². The average Bonchev–Trinajstić information content (AvgIpc) is 3.44. The van der Waals surface area contributed by atoms with E-state index < -0.39 is 21.5 Å². The Morgan fingerprint density at radius 1 is 1.12 bits per heavy atom. The number of ether oxygens (including phenoxy) is 2. The number of benzene rings is 2. The van der Waals surface area contributed by atoms with Gasteiger partial charge in [-0.2, -0.15) is 16.7 Å². The second kappa shape index (κ2) is 9.67. The van der Waals surface area contributed by atoms with Crippen LogP contribution in [0, 0.1) is 0 Å². The van der Waals surface area contributed by atoms with Gasteiger partial charge in [-0.3, -0.25) is 0 Å². The third-order valence-electron chi connectivity index (χ3n) is 4.59. The van der Waals surface area contributed by atoms with Crippen LogP contribution < -0.4 is 10.1 Å². The molecular formula is C23H25N3O6S2. The summed E-state index contributed by atoms with van der Waals surface area (Å²) in [5.41, 5.74) is 0.113. The molecule has 9 nitrogen and oxygen atoms in total. The van der Waals surface area contributed by atoms with Crippen LogP contribution in [0.4, 0.5) is 4.79 Å². The van der Waals surface area contributed by atoms with Crippen molar-refractivity contribution < 1.29 is 27.2 Å². The number of amides is 1. The maximum atomic E-state index is 12.4. The number of hydrogen-bond donors (Lipinski definition) is 1. The lowest BCUT2D eigenvalue weighted by Gasteiger charge is -2.19. The van der Waals surface area contributed by atoms with Gasteiger partial charge in [0.2, 0.25) is 11.7 Å². The average molecular weight is 504 g/mol. The van der Waals surface area contributed by atoms with Gasteiger partial charge >= 0.3 is 6.09 Å². The molecule has 180 valence electrons. The fourth-order valence-corrected chi connectivity index (χ4v) is 5.61. The Morgan fingerprint density at radius 3 is 2.32 bits per heavy atom. The van der Waals surface area contributed by atoms with Gasteiger partial charge in [0.05, 0.1) is 10.6 Å². The first-order chi connectivity index (χ1) is 16.1. The molecule has 34 heavy (non-hydrogen) atoms. The summed E-state index contributed by atoms with van der Waals surface area (Å²) in [6, 6.07) is 13.5. The molecule has 2 aromatic carbocycles. The molecule has 4 rings (SSSR count). The zero-order valence-electron chi connectivity index (χ0n) is 19.0. The van der Waals surface area contributed by atoms with Crippen molar-refractivity contribution in [1.29, 1.82) is 0 Å². The van der Waals surface area contributed by atoms with Gasteiger partial charge in [0.25, 0.3) is 0 Å². The molecule has 1 saturated heterocycles. The van der Waals surface area contributed by atoms with E-state index >= 15 is 0 Å². The van der Waals surface area contributed by atoms with Crippen molar-refractivity contribution in [2.45, 2.75) is 43.1 Å². The highest BCUT2D eigenvalue weighted by atomic mass is 32.2. The summed E-state index contributed by atoms with van der Waals surface area (Å²) in [7, 11) is -3.27. The standard InChI is InChI=1S/C23H25N3O6S2/c1-23(2,3)31-22(27)24-12-20-25-21(26-32-20)15-4-6-16(7-5-15)30-17-8-10-19(11-9-17)34(28,29)14-18-13-33-18/h4-11,18H,12-14H2,1-3H3,(H,24,27). The molecule has 1 amide bonds. The van der Waals surface area contributed by atoms with E-state index in [1.165, 1.54) is 0 Å². The van der Waals surface area contributed by atoms with Crippen LogP contribution in [0.15, 0.2) is 57.9 Å². The number of hydrogen-bond acceptors (Lipinski definition) is 9. The van der Waals surface area contributed by atoms with Crippen LogP contribution in [-0.2, 0) is 21.1 Å². The van der Waals surface area contributed by atoms with Gasteiger partial charge < -0.3 is 19.3 Å². The number of nitrogens with zero attached hydrogens (tertiary/aromatic N) is 2. The first-order valence-corrected chi connectivity index (χ1v) is 13.3. The Bertz CT molecular complexity index is 1250. The maximum absolute atomic E-state index is 12.4. The number of sulfone groups is 1. The van der Waals surface area contributed by atoms with E-state index in [2.05, 4.69) is 15.5 Å². The summed E-state index contributed by atoms with van der Waals surface area (Å²) >= 11 is 1.66. The predicted molar refractivity (Wildman–Crippen MR) is 128 cm³/mol. The number of nitrogens with one attached hydrogen (secondary N) is 1. The quantitative estimate of drug-likeness (QED) is 0.445. The molecule has 1 aliphatic rings. The molecule has 3 aromatic rings. The van der Waals surface area contributed by atoms with Crippen molar-refractivity contribution in [1.82, 2.24) is 15.5 Å².